The fourth-order valence-electron chi connectivity index (χ4n) is 3.75. The number of ether oxygens (including phenoxy) is 2. The van der Waals surface area contributed by atoms with Crippen molar-refractivity contribution < 1.29 is 14.3 Å². The molecule has 36 heavy (non-hydrogen) atoms. The van der Waals surface area contributed by atoms with Crippen LogP contribution in [0.3, 0.4) is 0 Å². The fraction of sp³-hybridized carbons (Fsp3) is 0.185. The number of carbonyl (C=O) groups is 1. The lowest BCUT2D eigenvalue weighted by Crippen LogP contribution is -2.24. The third kappa shape index (κ3) is 5.50. The molecule has 4 rings (SSSR count). The van der Waals surface area contributed by atoms with Crippen LogP contribution in [0.25, 0.3) is 10.9 Å². The summed E-state index contributed by atoms with van der Waals surface area (Å²) in [5.41, 5.74) is 2.18. The molecule has 182 valence electrons. The normalized spacial score (nSPS) is 10.6. The molecule has 0 unspecified atom stereocenters. The van der Waals surface area contributed by atoms with E-state index in [0.717, 1.165) is 5.56 Å². The second-order valence-corrected chi connectivity index (χ2v) is 8.73. The summed E-state index contributed by atoms with van der Waals surface area (Å²) in [6, 6.07) is 21.8. The Hall–Kier alpha value is -4.29. The minimum Gasteiger partial charge on any atom is -0.493 e. The van der Waals surface area contributed by atoms with Gasteiger partial charge in [-0.25, -0.2) is 4.98 Å². The van der Waals surface area contributed by atoms with Crippen LogP contribution in [0.2, 0.25) is 0 Å². The van der Waals surface area contributed by atoms with Crippen molar-refractivity contribution in [3.63, 3.8) is 0 Å². The van der Waals surface area contributed by atoms with Crippen molar-refractivity contribution in [1.29, 1.82) is 5.26 Å². The molecule has 0 aliphatic carbocycles. The second-order valence-electron chi connectivity index (χ2n) is 7.79. The van der Waals surface area contributed by atoms with Crippen LogP contribution in [-0.4, -0.2) is 35.4 Å². The average molecular weight is 501 g/mol. The number of nitriles is 1. The number of aryl methyl sites for hydroxylation is 1. The number of amides is 1. The number of rotatable bonds is 9. The van der Waals surface area contributed by atoms with Crippen molar-refractivity contribution in [3.05, 3.63) is 88.2 Å². The predicted molar refractivity (Wildman–Crippen MR) is 140 cm³/mol. The molecule has 0 saturated heterocycles. The zero-order valence-corrected chi connectivity index (χ0v) is 20.7. The Labute approximate surface area is 212 Å². The monoisotopic (exact) mass is 500 g/mol. The largest absolute Gasteiger partial charge is 0.493 e. The number of benzene rings is 3. The van der Waals surface area contributed by atoms with E-state index < -0.39 is 0 Å². The van der Waals surface area contributed by atoms with Gasteiger partial charge in [0, 0.05) is 23.9 Å². The molecule has 1 N–H and O–H groups in total. The fourth-order valence-corrected chi connectivity index (χ4v) is 4.44. The molecule has 0 aliphatic rings. The van der Waals surface area contributed by atoms with Crippen molar-refractivity contribution in [1.82, 2.24) is 9.55 Å². The van der Waals surface area contributed by atoms with Gasteiger partial charge in [0.25, 0.3) is 11.5 Å². The van der Waals surface area contributed by atoms with Gasteiger partial charge in [0.15, 0.2) is 16.7 Å². The number of hydrogen-bond donors (Lipinski definition) is 1. The lowest BCUT2D eigenvalue weighted by atomic mass is 10.1. The summed E-state index contributed by atoms with van der Waals surface area (Å²) >= 11 is 1.20. The summed E-state index contributed by atoms with van der Waals surface area (Å²) in [6.07, 6.45) is 0.653. The Balaban J connectivity index is 1.64. The number of thioether (sulfide) groups is 1. The lowest BCUT2D eigenvalue weighted by Gasteiger charge is -2.13. The molecule has 4 aromatic rings. The minimum absolute atomic E-state index is 0.156. The predicted octanol–water partition coefficient (Wildman–Crippen LogP) is 4.52. The van der Waals surface area contributed by atoms with Crippen LogP contribution >= 0.6 is 11.8 Å². The first-order chi connectivity index (χ1) is 17.5. The molecular weight excluding hydrogens is 476 g/mol. The number of carbonyl (C=O) groups excluding carboxylic acids is 1. The average Bonchev–Trinajstić information content (AvgIpc) is 2.91. The number of anilines is 1. The van der Waals surface area contributed by atoms with E-state index in [1.807, 2.05) is 30.3 Å². The number of nitrogens with zero attached hydrogens (tertiary/aromatic N) is 3. The van der Waals surface area contributed by atoms with Gasteiger partial charge in [0.05, 0.1) is 36.9 Å². The van der Waals surface area contributed by atoms with Crippen LogP contribution in [0.1, 0.15) is 15.9 Å². The Morgan fingerprint density at radius 2 is 1.83 bits per heavy atom. The van der Waals surface area contributed by atoms with E-state index in [9.17, 15) is 9.59 Å². The third-order valence-corrected chi connectivity index (χ3v) is 6.40. The highest BCUT2D eigenvalue weighted by molar-refractivity contribution is 7.99. The Morgan fingerprint density at radius 1 is 1.06 bits per heavy atom. The molecule has 0 saturated carbocycles. The van der Waals surface area contributed by atoms with Crippen LogP contribution < -0.4 is 20.3 Å². The Bertz CT molecular complexity index is 1500. The van der Waals surface area contributed by atoms with Crippen molar-refractivity contribution in [2.24, 2.45) is 0 Å². The molecule has 0 bridgehead atoms. The molecule has 1 amide bonds. The summed E-state index contributed by atoms with van der Waals surface area (Å²) in [5, 5.41) is 12.8. The maximum atomic E-state index is 13.3. The van der Waals surface area contributed by atoms with Gasteiger partial charge in [-0.1, -0.05) is 42.1 Å². The van der Waals surface area contributed by atoms with Gasteiger partial charge in [-0.05, 0) is 42.3 Å². The van der Waals surface area contributed by atoms with Crippen molar-refractivity contribution in [3.8, 4) is 17.6 Å². The number of fused-ring (bicyclic) bond motifs is 1. The molecule has 0 radical (unpaired) electrons. The van der Waals surface area contributed by atoms with Crippen molar-refractivity contribution in [2.45, 2.75) is 18.1 Å². The van der Waals surface area contributed by atoms with Crippen LogP contribution in [0.15, 0.2) is 76.7 Å². The molecule has 0 aliphatic heterocycles. The standard InChI is InChI=1S/C27H24N4O4S/c1-34-23-11-9-20(17-24(23)35-2)29-25(32)19-8-10-21-22(16-19)30-27(36-15-13-28)31(26(21)33)14-12-18-6-4-3-5-7-18/h3-11,16-17H,12,14-15H2,1-2H3,(H,29,32). The molecule has 1 heterocycles. The highest BCUT2D eigenvalue weighted by atomic mass is 32.2. The van der Waals surface area contributed by atoms with E-state index in [0.29, 0.717) is 51.8 Å². The molecule has 0 spiro atoms. The zero-order chi connectivity index (χ0) is 25.5. The van der Waals surface area contributed by atoms with Gasteiger partial charge >= 0.3 is 0 Å². The molecule has 1 aromatic heterocycles. The second kappa shape index (κ2) is 11.4. The van der Waals surface area contributed by atoms with Crippen LogP contribution in [0, 0.1) is 11.3 Å². The quantitative estimate of drug-likeness (QED) is 0.266. The van der Waals surface area contributed by atoms with Crippen LogP contribution in [-0.2, 0) is 13.0 Å². The van der Waals surface area contributed by atoms with Crippen molar-refractivity contribution in [2.75, 3.05) is 25.3 Å². The summed E-state index contributed by atoms with van der Waals surface area (Å²) in [5.74, 6) is 0.843. The highest BCUT2D eigenvalue weighted by Crippen LogP contribution is 2.30. The van der Waals surface area contributed by atoms with Gasteiger partial charge in [-0.3, -0.25) is 14.2 Å². The summed E-state index contributed by atoms with van der Waals surface area (Å²) < 4.78 is 12.1. The van der Waals surface area contributed by atoms with Gasteiger partial charge in [-0.15, -0.1) is 0 Å². The summed E-state index contributed by atoms with van der Waals surface area (Å²) in [7, 11) is 3.06. The first-order valence-electron chi connectivity index (χ1n) is 11.2. The van der Waals surface area contributed by atoms with Gasteiger partial charge in [0.2, 0.25) is 0 Å². The first-order valence-corrected chi connectivity index (χ1v) is 12.1. The Kier molecular flexibility index (Phi) is 7.88. The van der Waals surface area contributed by atoms with Crippen molar-refractivity contribution >= 4 is 34.3 Å². The van der Waals surface area contributed by atoms with Crippen LogP contribution in [0.4, 0.5) is 5.69 Å². The molecule has 0 fully saturated rings. The molecule has 8 nitrogen and oxygen atoms in total. The third-order valence-electron chi connectivity index (χ3n) is 5.56. The maximum absolute atomic E-state index is 13.3. The lowest BCUT2D eigenvalue weighted by molar-refractivity contribution is 0.102. The zero-order valence-electron chi connectivity index (χ0n) is 19.9. The highest BCUT2D eigenvalue weighted by Gasteiger charge is 2.15. The molecule has 0 atom stereocenters. The smallest absolute Gasteiger partial charge is 0.262 e. The maximum Gasteiger partial charge on any atom is 0.262 e. The number of aromatic nitrogens is 2. The molecular formula is C27H24N4O4S. The van der Waals surface area contributed by atoms with Gasteiger partial charge in [-0.2, -0.15) is 5.26 Å². The van der Waals surface area contributed by atoms with E-state index in [4.69, 9.17) is 14.7 Å². The minimum atomic E-state index is -0.356. The number of hydrogen-bond acceptors (Lipinski definition) is 7. The van der Waals surface area contributed by atoms with E-state index in [1.165, 1.54) is 26.0 Å². The van der Waals surface area contributed by atoms with E-state index in [2.05, 4.69) is 16.4 Å². The number of methoxy groups -OCH3 is 2. The topological polar surface area (TPSA) is 106 Å². The summed E-state index contributed by atoms with van der Waals surface area (Å²) in [6.45, 7) is 0.432. The molecule has 9 heteroatoms. The van der Waals surface area contributed by atoms with Crippen LogP contribution in [0.5, 0.6) is 11.5 Å². The summed E-state index contributed by atoms with van der Waals surface area (Å²) in [4.78, 5) is 30.9. The SMILES string of the molecule is COc1ccc(NC(=O)c2ccc3c(=O)n(CCc4ccccc4)c(SCC#N)nc3c2)cc1OC. The van der Waals surface area contributed by atoms with E-state index >= 15 is 0 Å². The Morgan fingerprint density at radius 3 is 2.56 bits per heavy atom. The number of nitrogens with one attached hydrogen (secondary N) is 1. The van der Waals surface area contributed by atoms with E-state index in [-0.39, 0.29) is 17.2 Å². The van der Waals surface area contributed by atoms with Gasteiger partial charge in [0.1, 0.15) is 0 Å². The van der Waals surface area contributed by atoms with E-state index in [1.54, 1.807) is 41.0 Å². The first kappa shape index (κ1) is 24.8. The van der Waals surface area contributed by atoms with Gasteiger partial charge < -0.3 is 14.8 Å². The molecule has 3 aromatic carbocycles.